The Morgan fingerprint density at radius 3 is 2.70 bits per heavy atom. The molecule has 104 valence electrons. The maximum Gasteiger partial charge on any atom is 0.162 e. The van der Waals surface area contributed by atoms with Crippen LogP contribution in [0.1, 0.15) is 29.2 Å². The van der Waals surface area contributed by atoms with Crippen molar-refractivity contribution in [3.63, 3.8) is 0 Å². The second-order valence-corrected chi connectivity index (χ2v) is 5.03. The van der Waals surface area contributed by atoms with Gasteiger partial charge in [0.1, 0.15) is 6.61 Å². The van der Waals surface area contributed by atoms with Crippen molar-refractivity contribution in [1.29, 1.82) is 0 Å². The van der Waals surface area contributed by atoms with Crippen molar-refractivity contribution < 1.29 is 14.6 Å². The Morgan fingerprint density at radius 1 is 1.15 bits per heavy atom. The molecule has 2 aromatic rings. The minimum Gasteiger partial charge on any atom is -0.493 e. The number of aliphatic hydroxyl groups excluding tert-OH is 1. The first-order chi connectivity index (χ1) is 9.78. The van der Waals surface area contributed by atoms with E-state index in [4.69, 9.17) is 9.47 Å². The molecule has 0 bridgehead atoms. The number of ether oxygens (including phenoxy) is 2. The van der Waals surface area contributed by atoms with Gasteiger partial charge in [-0.15, -0.1) is 0 Å². The van der Waals surface area contributed by atoms with E-state index < -0.39 is 0 Å². The summed E-state index contributed by atoms with van der Waals surface area (Å²) in [7, 11) is 1.64. The van der Waals surface area contributed by atoms with Crippen LogP contribution >= 0.6 is 0 Å². The summed E-state index contributed by atoms with van der Waals surface area (Å²) < 4.78 is 11.2. The molecule has 1 unspecified atom stereocenters. The minimum absolute atomic E-state index is 0.380. The summed E-state index contributed by atoms with van der Waals surface area (Å²) in [6.45, 7) is 0.492. The number of aryl methyl sites for hydroxylation is 1. The molecule has 0 spiro atoms. The Labute approximate surface area is 118 Å². The van der Waals surface area contributed by atoms with Gasteiger partial charge in [-0.2, -0.15) is 0 Å². The van der Waals surface area contributed by atoms with Gasteiger partial charge in [-0.25, -0.2) is 0 Å². The zero-order valence-electron chi connectivity index (χ0n) is 11.5. The van der Waals surface area contributed by atoms with Crippen molar-refractivity contribution in [3.05, 3.63) is 59.2 Å². The molecule has 0 saturated heterocycles. The van der Waals surface area contributed by atoms with E-state index in [0.717, 1.165) is 35.3 Å². The van der Waals surface area contributed by atoms with Gasteiger partial charge in [0.05, 0.1) is 13.2 Å². The SMILES string of the molecule is COc1cc2c(cc1OCc1ccccc1)C(O)CC2. The highest BCUT2D eigenvalue weighted by atomic mass is 16.5. The molecule has 3 rings (SSSR count). The molecule has 0 heterocycles. The van der Waals surface area contributed by atoms with Crippen molar-refractivity contribution >= 4 is 0 Å². The zero-order valence-corrected chi connectivity index (χ0v) is 11.5. The maximum atomic E-state index is 9.96. The Morgan fingerprint density at radius 2 is 1.95 bits per heavy atom. The summed E-state index contributed by atoms with van der Waals surface area (Å²) in [6, 6.07) is 13.9. The summed E-state index contributed by atoms with van der Waals surface area (Å²) in [5.74, 6) is 1.42. The molecule has 3 nitrogen and oxygen atoms in total. The molecule has 20 heavy (non-hydrogen) atoms. The molecule has 0 fully saturated rings. The van der Waals surface area contributed by atoms with Gasteiger partial charge in [0.15, 0.2) is 11.5 Å². The van der Waals surface area contributed by atoms with Crippen LogP contribution < -0.4 is 9.47 Å². The summed E-state index contributed by atoms with van der Waals surface area (Å²) in [5, 5.41) is 9.96. The van der Waals surface area contributed by atoms with Crippen LogP contribution in [0, 0.1) is 0 Å². The van der Waals surface area contributed by atoms with Gasteiger partial charge in [0.2, 0.25) is 0 Å². The molecule has 1 atom stereocenters. The van der Waals surface area contributed by atoms with Crippen LogP contribution in [0.25, 0.3) is 0 Å². The van der Waals surface area contributed by atoms with Gasteiger partial charge in [-0.3, -0.25) is 0 Å². The maximum absolute atomic E-state index is 9.96. The number of rotatable bonds is 4. The first kappa shape index (κ1) is 13.0. The number of hydrogen-bond acceptors (Lipinski definition) is 3. The Hall–Kier alpha value is -2.00. The summed E-state index contributed by atoms with van der Waals surface area (Å²) >= 11 is 0. The van der Waals surface area contributed by atoms with Crippen molar-refractivity contribution in [2.75, 3.05) is 7.11 Å². The van der Waals surface area contributed by atoms with E-state index in [1.54, 1.807) is 7.11 Å². The predicted octanol–water partition coefficient (Wildman–Crippen LogP) is 3.25. The van der Waals surface area contributed by atoms with Crippen LogP contribution in [-0.2, 0) is 13.0 Å². The molecule has 0 saturated carbocycles. The van der Waals surface area contributed by atoms with Crippen LogP contribution in [0.2, 0.25) is 0 Å². The average Bonchev–Trinajstić information content (AvgIpc) is 2.86. The topological polar surface area (TPSA) is 38.7 Å². The number of methoxy groups -OCH3 is 1. The van der Waals surface area contributed by atoms with Gasteiger partial charge >= 0.3 is 0 Å². The van der Waals surface area contributed by atoms with Crippen molar-refractivity contribution in [3.8, 4) is 11.5 Å². The van der Waals surface area contributed by atoms with Gasteiger partial charge in [0.25, 0.3) is 0 Å². The van der Waals surface area contributed by atoms with Gasteiger partial charge in [-0.05, 0) is 41.7 Å². The van der Waals surface area contributed by atoms with Crippen LogP contribution in [0.15, 0.2) is 42.5 Å². The van der Waals surface area contributed by atoms with E-state index >= 15 is 0 Å². The lowest BCUT2D eigenvalue weighted by Crippen LogP contribution is -2.00. The minimum atomic E-state index is -0.380. The number of benzene rings is 2. The third-order valence-corrected chi connectivity index (χ3v) is 3.71. The molecular weight excluding hydrogens is 252 g/mol. The molecule has 0 radical (unpaired) electrons. The van der Waals surface area contributed by atoms with Crippen molar-refractivity contribution in [2.24, 2.45) is 0 Å². The molecule has 1 N–H and O–H groups in total. The lowest BCUT2D eigenvalue weighted by atomic mass is 10.1. The van der Waals surface area contributed by atoms with Crippen LogP contribution in [-0.4, -0.2) is 12.2 Å². The van der Waals surface area contributed by atoms with Gasteiger partial charge in [-0.1, -0.05) is 30.3 Å². The average molecular weight is 270 g/mol. The highest BCUT2D eigenvalue weighted by Crippen LogP contribution is 2.39. The lowest BCUT2D eigenvalue weighted by Gasteiger charge is -2.14. The van der Waals surface area contributed by atoms with Crippen molar-refractivity contribution in [1.82, 2.24) is 0 Å². The summed E-state index contributed by atoms with van der Waals surface area (Å²) in [5.41, 5.74) is 3.23. The fourth-order valence-corrected chi connectivity index (χ4v) is 2.60. The Kier molecular flexibility index (Phi) is 3.61. The van der Waals surface area contributed by atoms with E-state index in [1.165, 1.54) is 0 Å². The number of fused-ring (bicyclic) bond motifs is 1. The smallest absolute Gasteiger partial charge is 0.162 e. The van der Waals surface area contributed by atoms with Gasteiger partial charge in [0, 0.05) is 0 Å². The van der Waals surface area contributed by atoms with Gasteiger partial charge < -0.3 is 14.6 Å². The molecule has 1 aliphatic rings. The van der Waals surface area contributed by atoms with E-state index in [0.29, 0.717) is 12.4 Å². The first-order valence-corrected chi connectivity index (χ1v) is 6.83. The van der Waals surface area contributed by atoms with E-state index in [1.807, 2.05) is 42.5 Å². The molecule has 2 aromatic carbocycles. The van der Waals surface area contributed by atoms with Crippen molar-refractivity contribution in [2.45, 2.75) is 25.6 Å². The largest absolute Gasteiger partial charge is 0.493 e. The second kappa shape index (κ2) is 5.55. The molecule has 0 aliphatic heterocycles. The standard InChI is InChI=1S/C17H18O3/c1-19-16-9-13-7-8-15(18)14(13)10-17(16)20-11-12-5-3-2-4-6-12/h2-6,9-10,15,18H,7-8,11H2,1H3. The summed E-state index contributed by atoms with van der Waals surface area (Å²) in [6.07, 6.45) is 1.29. The van der Waals surface area contributed by atoms with E-state index in [-0.39, 0.29) is 6.10 Å². The van der Waals surface area contributed by atoms with E-state index in [2.05, 4.69) is 0 Å². The summed E-state index contributed by atoms with van der Waals surface area (Å²) in [4.78, 5) is 0. The Bertz CT molecular complexity index is 593. The highest BCUT2D eigenvalue weighted by Gasteiger charge is 2.23. The zero-order chi connectivity index (χ0) is 13.9. The molecule has 3 heteroatoms. The second-order valence-electron chi connectivity index (χ2n) is 5.03. The normalized spacial score (nSPS) is 16.8. The van der Waals surface area contributed by atoms with Crippen LogP contribution in [0.3, 0.4) is 0 Å². The molecular formula is C17H18O3. The molecule has 1 aliphatic carbocycles. The molecule has 0 amide bonds. The third kappa shape index (κ3) is 2.49. The number of hydrogen-bond donors (Lipinski definition) is 1. The quantitative estimate of drug-likeness (QED) is 0.926. The lowest BCUT2D eigenvalue weighted by molar-refractivity contribution is 0.179. The fraction of sp³-hybridized carbons (Fsp3) is 0.294. The predicted molar refractivity (Wildman–Crippen MR) is 77.0 cm³/mol. The Balaban J connectivity index is 1.83. The first-order valence-electron chi connectivity index (χ1n) is 6.83. The fourth-order valence-electron chi connectivity index (χ4n) is 2.60. The van der Waals surface area contributed by atoms with Crippen LogP contribution in [0.4, 0.5) is 0 Å². The van der Waals surface area contributed by atoms with E-state index in [9.17, 15) is 5.11 Å². The monoisotopic (exact) mass is 270 g/mol. The highest BCUT2D eigenvalue weighted by molar-refractivity contribution is 5.50. The van der Waals surface area contributed by atoms with Crippen LogP contribution in [0.5, 0.6) is 11.5 Å². The number of aliphatic hydroxyl groups is 1. The molecule has 0 aromatic heterocycles. The third-order valence-electron chi connectivity index (χ3n) is 3.71.